The van der Waals surface area contributed by atoms with E-state index in [0.29, 0.717) is 12.1 Å². The monoisotopic (exact) mass is 264 g/mol. The Bertz CT molecular complexity index is 681. The molecule has 0 fully saturated rings. The summed E-state index contributed by atoms with van der Waals surface area (Å²) in [5, 5.41) is 2.90. The summed E-state index contributed by atoms with van der Waals surface area (Å²) in [6.45, 7) is 2.26. The number of aryl methyl sites for hydroxylation is 1. The summed E-state index contributed by atoms with van der Waals surface area (Å²) in [6.07, 6.45) is 0. The maximum atomic E-state index is 12.2. The number of nitrogens with one attached hydrogen (secondary N) is 1. The fourth-order valence-electron chi connectivity index (χ4n) is 1.80. The zero-order valence-electron chi connectivity index (χ0n) is 11.3. The normalized spacial score (nSPS) is 9.50. The molecule has 0 heterocycles. The van der Waals surface area contributed by atoms with Gasteiger partial charge in [0.25, 0.3) is 5.91 Å². The Morgan fingerprint density at radius 3 is 2.75 bits per heavy atom. The number of para-hydroxylation sites is 1. The van der Waals surface area contributed by atoms with Gasteiger partial charge in [-0.15, -0.1) is 0 Å². The lowest BCUT2D eigenvalue weighted by Crippen LogP contribution is -2.12. The number of benzene rings is 2. The van der Waals surface area contributed by atoms with Crippen LogP contribution in [-0.2, 0) is 0 Å². The SMILES string of the molecule is Cc1ccccc1NC(=O)c1cccc(C#CCN)c1. The van der Waals surface area contributed by atoms with E-state index in [-0.39, 0.29) is 5.91 Å². The molecule has 3 N–H and O–H groups in total. The van der Waals surface area contributed by atoms with E-state index in [4.69, 9.17) is 5.73 Å². The van der Waals surface area contributed by atoms with Crippen molar-refractivity contribution in [2.45, 2.75) is 6.92 Å². The van der Waals surface area contributed by atoms with Crippen LogP contribution in [0.1, 0.15) is 21.5 Å². The van der Waals surface area contributed by atoms with Crippen LogP contribution >= 0.6 is 0 Å². The Morgan fingerprint density at radius 1 is 1.20 bits per heavy atom. The summed E-state index contributed by atoms with van der Waals surface area (Å²) in [5.41, 5.74) is 8.55. The molecule has 0 spiro atoms. The van der Waals surface area contributed by atoms with Crippen LogP contribution < -0.4 is 11.1 Å². The molecule has 20 heavy (non-hydrogen) atoms. The maximum absolute atomic E-state index is 12.2. The zero-order valence-corrected chi connectivity index (χ0v) is 11.3. The minimum absolute atomic E-state index is 0.143. The molecule has 0 aliphatic rings. The van der Waals surface area contributed by atoms with Gasteiger partial charge in [0, 0.05) is 16.8 Å². The molecule has 3 heteroatoms. The van der Waals surface area contributed by atoms with Gasteiger partial charge < -0.3 is 11.1 Å². The zero-order chi connectivity index (χ0) is 14.4. The van der Waals surface area contributed by atoms with Crippen molar-refractivity contribution in [3.63, 3.8) is 0 Å². The van der Waals surface area contributed by atoms with Gasteiger partial charge in [-0.3, -0.25) is 4.79 Å². The average molecular weight is 264 g/mol. The smallest absolute Gasteiger partial charge is 0.255 e. The molecule has 1 amide bonds. The first-order valence-corrected chi connectivity index (χ1v) is 6.36. The Kier molecular flexibility index (Phi) is 4.54. The second-order valence-corrected chi connectivity index (χ2v) is 4.36. The minimum atomic E-state index is -0.143. The van der Waals surface area contributed by atoms with Crippen LogP contribution in [0.15, 0.2) is 48.5 Å². The number of anilines is 1. The molecule has 3 nitrogen and oxygen atoms in total. The van der Waals surface area contributed by atoms with Crippen LogP contribution in [0.4, 0.5) is 5.69 Å². The summed E-state index contributed by atoms with van der Waals surface area (Å²) in [7, 11) is 0. The number of hydrogen-bond acceptors (Lipinski definition) is 2. The van der Waals surface area contributed by atoms with Crippen LogP contribution in [-0.4, -0.2) is 12.5 Å². The third kappa shape index (κ3) is 3.47. The van der Waals surface area contributed by atoms with Crippen molar-refractivity contribution in [1.82, 2.24) is 0 Å². The summed E-state index contributed by atoms with van der Waals surface area (Å²) in [5.74, 6) is 5.55. The third-order valence-corrected chi connectivity index (χ3v) is 2.85. The molecule has 0 aliphatic heterocycles. The number of carbonyl (C=O) groups excluding carboxylic acids is 1. The molecule has 0 saturated heterocycles. The van der Waals surface area contributed by atoms with Gasteiger partial charge in [0.05, 0.1) is 6.54 Å². The van der Waals surface area contributed by atoms with Crippen molar-refractivity contribution in [2.24, 2.45) is 5.73 Å². The predicted molar refractivity (Wildman–Crippen MR) is 81.5 cm³/mol. The van der Waals surface area contributed by atoms with Crippen LogP contribution in [0, 0.1) is 18.8 Å². The van der Waals surface area contributed by atoms with Crippen molar-refractivity contribution in [3.8, 4) is 11.8 Å². The van der Waals surface area contributed by atoms with Crippen LogP contribution in [0.5, 0.6) is 0 Å². The lowest BCUT2D eigenvalue weighted by molar-refractivity contribution is 0.102. The fraction of sp³-hybridized carbons (Fsp3) is 0.118. The number of nitrogens with two attached hydrogens (primary N) is 1. The molecule has 0 aliphatic carbocycles. The highest BCUT2D eigenvalue weighted by Crippen LogP contribution is 2.15. The Labute approximate surface area is 118 Å². The van der Waals surface area contributed by atoms with Crippen molar-refractivity contribution < 1.29 is 4.79 Å². The van der Waals surface area contributed by atoms with Crippen LogP contribution in [0.2, 0.25) is 0 Å². The first-order chi connectivity index (χ1) is 9.70. The predicted octanol–water partition coefficient (Wildman–Crippen LogP) is 2.56. The maximum Gasteiger partial charge on any atom is 0.255 e. The molecule has 0 unspecified atom stereocenters. The van der Waals surface area contributed by atoms with Crippen molar-refractivity contribution in [2.75, 3.05) is 11.9 Å². The molecule has 0 bridgehead atoms. The number of hydrogen-bond donors (Lipinski definition) is 2. The van der Waals surface area contributed by atoms with Gasteiger partial charge in [-0.2, -0.15) is 0 Å². The van der Waals surface area contributed by atoms with E-state index in [9.17, 15) is 4.79 Å². The molecule has 2 rings (SSSR count). The Morgan fingerprint density at radius 2 is 2.00 bits per heavy atom. The van der Waals surface area contributed by atoms with Crippen LogP contribution in [0.3, 0.4) is 0 Å². The second kappa shape index (κ2) is 6.55. The van der Waals surface area contributed by atoms with E-state index in [1.54, 1.807) is 12.1 Å². The molecule has 0 aromatic heterocycles. The van der Waals surface area contributed by atoms with Gasteiger partial charge in [-0.05, 0) is 36.8 Å². The van der Waals surface area contributed by atoms with Gasteiger partial charge in [0.15, 0.2) is 0 Å². The van der Waals surface area contributed by atoms with E-state index >= 15 is 0 Å². The average Bonchev–Trinajstić information content (AvgIpc) is 2.48. The quantitative estimate of drug-likeness (QED) is 0.819. The summed E-state index contributed by atoms with van der Waals surface area (Å²) < 4.78 is 0. The van der Waals surface area contributed by atoms with Gasteiger partial charge in [-0.25, -0.2) is 0 Å². The second-order valence-electron chi connectivity index (χ2n) is 4.36. The summed E-state index contributed by atoms with van der Waals surface area (Å²) in [4.78, 5) is 12.2. The minimum Gasteiger partial charge on any atom is -0.322 e. The first kappa shape index (κ1) is 13.9. The highest BCUT2D eigenvalue weighted by atomic mass is 16.1. The lowest BCUT2D eigenvalue weighted by Gasteiger charge is -2.08. The Balaban J connectivity index is 2.19. The third-order valence-electron chi connectivity index (χ3n) is 2.85. The topological polar surface area (TPSA) is 55.1 Å². The van der Waals surface area contributed by atoms with Gasteiger partial charge in [0.1, 0.15) is 0 Å². The van der Waals surface area contributed by atoms with E-state index in [1.807, 2.05) is 43.3 Å². The molecule has 2 aromatic carbocycles. The van der Waals surface area contributed by atoms with Gasteiger partial charge in [0.2, 0.25) is 0 Å². The summed E-state index contributed by atoms with van der Waals surface area (Å²) in [6, 6.07) is 14.9. The largest absolute Gasteiger partial charge is 0.322 e. The first-order valence-electron chi connectivity index (χ1n) is 6.36. The number of rotatable bonds is 2. The molecular weight excluding hydrogens is 248 g/mol. The standard InChI is InChI=1S/C17H16N2O/c1-13-6-2-3-10-16(13)19-17(20)15-9-4-7-14(12-15)8-5-11-18/h2-4,6-7,9-10,12H,11,18H2,1H3,(H,19,20). The van der Waals surface area contributed by atoms with Crippen molar-refractivity contribution >= 4 is 11.6 Å². The molecule has 0 saturated carbocycles. The molecular formula is C17H16N2O. The number of carbonyl (C=O) groups is 1. The molecule has 2 aromatic rings. The van der Waals surface area contributed by atoms with Gasteiger partial charge >= 0.3 is 0 Å². The molecule has 0 radical (unpaired) electrons. The summed E-state index contributed by atoms with van der Waals surface area (Å²) >= 11 is 0. The van der Waals surface area contributed by atoms with E-state index < -0.39 is 0 Å². The highest BCUT2D eigenvalue weighted by molar-refractivity contribution is 6.04. The lowest BCUT2D eigenvalue weighted by atomic mass is 10.1. The van der Waals surface area contributed by atoms with Crippen LogP contribution in [0.25, 0.3) is 0 Å². The van der Waals surface area contributed by atoms with Crippen molar-refractivity contribution in [3.05, 3.63) is 65.2 Å². The highest BCUT2D eigenvalue weighted by Gasteiger charge is 2.07. The molecule has 100 valence electrons. The fourth-order valence-corrected chi connectivity index (χ4v) is 1.80. The number of amides is 1. The molecule has 0 atom stereocenters. The van der Waals surface area contributed by atoms with E-state index in [1.165, 1.54) is 0 Å². The van der Waals surface area contributed by atoms with E-state index in [0.717, 1.165) is 16.8 Å². The van der Waals surface area contributed by atoms with Gasteiger partial charge in [-0.1, -0.05) is 36.1 Å². The Hall–Kier alpha value is -2.57. The van der Waals surface area contributed by atoms with E-state index in [2.05, 4.69) is 17.2 Å². The van der Waals surface area contributed by atoms with Crippen molar-refractivity contribution in [1.29, 1.82) is 0 Å².